The van der Waals surface area contributed by atoms with Gasteiger partial charge in [-0.2, -0.15) is 0 Å². The molecule has 5 rings (SSSR count). The normalized spacial score (nSPS) is 19.3. The van der Waals surface area contributed by atoms with E-state index >= 15 is 0 Å². The largest absolute Gasteiger partial charge is 0.497 e. The maximum absolute atomic E-state index is 15.0. The number of urea groups is 1. The number of nitrogens with two attached hydrogens (primary N) is 1. The first-order chi connectivity index (χ1) is 50.5. The van der Waals surface area contributed by atoms with Gasteiger partial charge in [0.05, 0.1) is 91.6 Å². The molecule has 7 N–H and O–H groups in total. The summed E-state index contributed by atoms with van der Waals surface area (Å²) < 4.78 is 43.3. The number of halogens is 1. The van der Waals surface area contributed by atoms with Crippen molar-refractivity contribution in [1.82, 2.24) is 30.7 Å². The second-order valence-corrected chi connectivity index (χ2v) is 31.4. The smallest absolute Gasteiger partial charge is 0.410 e. The van der Waals surface area contributed by atoms with Gasteiger partial charge in [0.25, 0.3) is 0 Å². The van der Waals surface area contributed by atoms with Crippen LogP contribution in [0.15, 0.2) is 42.5 Å². The number of benzene rings is 2. The molecule has 1 aliphatic heterocycles. The number of aliphatic carboxylic acids is 1. The van der Waals surface area contributed by atoms with E-state index in [1.807, 2.05) is 27.7 Å². The molecule has 2 saturated carbocycles. The lowest BCUT2D eigenvalue weighted by Crippen LogP contribution is -2.54. The van der Waals surface area contributed by atoms with E-state index in [0.29, 0.717) is 61.9 Å². The third-order valence-corrected chi connectivity index (χ3v) is 23.0. The molecular weight excluding hydrogens is 1400 g/mol. The number of hydrogen-bond donors (Lipinski definition) is 6. The van der Waals surface area contributed by atoms with Crippen LogP contribution in [0.5, 0.6) is 5.75 Å². The molecule has 3 fully saturated rings. The molecule has 2 aromatic rings. The number of Topliss-reactive ketones (excluding diaryl/α,β-unsaturated/α-hetero) is 5. The van der Waals surface area contributed by atoms with Crippen molar-refractivity contribution in [3.8, 4) is 5.75 Å². The molecule has 0 spiro atoms. The van der Waals surface area contributed by atoms with Crippen LogP contribution in [0, 0.1) is 58.6 Å². The van der Waals surface area contributed by atoms with E-state index < -0.39 is 125 Å². The van der Waals surface area contributed by atoms with Crippen LogP contribution in [0.25, 0.3) is 0 Å². The minimum absolute atomic E-state index is 0.0561. The number of anilines is 1. The second-order valence-electron chi connectivity index (χ2n) is 30.2. The van der Waals surface area contributed by atoms with Gasteiger partial charge in [0.1, 0.15) is 24.0 Å². The summed E-state index contributed by atoms with van der Waals surface area (Å²) in [5.74, 6) is -9.38. The Kier molecular flexibility index (Phi) is 35.9. The number of amides is 8. The predicted molar refractivity (Wildman–Crippen MR) is 400 cm³/mol. The van der Waals surface area contributed by atoms with Gasteiger partial charge in [-0.15, -0.1) is 11.8 Å². The molecule has 3 aliphatic rings. The molecule has 0 bridgehead atoms. The van der Waals surface area contributed by atoms with E-state index in [1.165, 1.54) is 64.3 Å². The monoisotopic (exact) mass is 1520 g/mol. The number of carbonyl (C=O) groups excluding carboxylic acids is 12. The van der Waals surface area contributed by atoms with Crippen LogP contribution in [-0.2, 0) is 73.5 Å². The van der Waals surface area contributed by atoms with E-state index in [2.05, 4.69) is 21.3 Å². The predicted octanol–water partition coefficient (Wildman–Crippen LogP) is 8.77. The third kappa shape index (κ3) is 26.2. The van der Waals surface area contributed by atoms with Crippen molar-refractivity contribution >= 4 is 94.0 Å². The molecule has 107 heavy (non-hydrogen) atoms. The fourth-order valence-electron chi connectivity index (χ4n) is 14.6. The molecular formula is C78H117FN8O19S. The van der Waals surface area contributed by atoms with Crippen LogP contribution in [0.4, 0.5) is 19.7 Å². The van der Waals surface area contributed by atoms with Crippen molar-refractivity contribution in [2.45, 2.75) is 219 Å². The summed E-state index contributed by atoms with van der Waals surface area (Å²) in [7, 11) is 8.86. The lowest BCUT2D eigenvalue weighted by Gasteiger charge is -2.41. The number of unbranched alkanes of at least 4 members (excludes halogenated alkanes) is 2. The van der Waals surface area contributed by atoms with E-state index in [-0.39, 0.29) is 140 Å². The highest BCUT2D eigenvalue weighted by Crippen LogP contribution is 2.52. The van der Waals surface area contributed by atoms with Gasteiger partial charge in [0.15, 0.2) is 23.1 Å². The lowest BCUT2D eigenvalue weighted by atomic mass is 9.83. The molecule has 596 valence electrons. The molecule has 13 atom stereocenters. The highest BCUT2D eigenvalue weighted by Gasteiger charge is 2.49. The summed E-state index contributed by atoms with van der Waals surface area (Å²) >= 11 is 1.39. The Bertz CT molecular complexity index is 3410. The maximum atomic E-state index is 15.0. The van der Waals surface area contributed by atoms with Crippen molar-refractivity contribution in [2.24, 2.45) is 58.5 Å². The highest BCUT2D eigenvalue weighted by atomic mass is 32.2. The topological polar surface area (TPSA) is 372 Å². The Balaban J connectivity index is 1.16. The lowest BCUT2D eigenvalue weighted by molar-refractivity contribution is -0.149. The summed E-state index contributed by atoms with van der Waals surface area (Å²) in [6, 6.07) is 6.22. The van der Waals surface area contributed by atoms with Crippen LogP contribution in [0.2, 0.25) is 0 Å². The van der Waals surface area contributed by atoms with Crippen LogP contribution in [0.1, 0.15) is 181 Å². The van der Waals surface area contributed by atoms with Crippen molar-refractivity contribution in [1.29, 1.82) is 0 Å². The van der Waals surface area contributed by atoms with Gasteiger partial charge >= 0.3 is 18.1 Å². The first-order valence-electron chi connectivity index (χ1n) is 37.4. The van der Waals surface area contributed by atoms with Crippen molar-refractivity contribution in [2.75, 3.05) is 73.2 Å². The van der Waals surface area contributed by atoms with E-state index in [4.69, 9.17) is 29.4 Å². The zero-order valence-corrected chi connectivity index (χ0v) is 65.9. The zero-order chi connectivity index (χ0) is 79.7. The number of carboxylic acids is 1. The molecule has 0 radical (unpaired) electrons. The zero-order valence-electron chi connectivity index (χ0n) is 65.1. The molecule has 29 heteroatoms. The maximum Gasteiger partial charge on any atom is 0.410 e. The fourth-order valence-corrected chi connectivity index (χ4v) is 16.1. The summed E-state index contributed by atoms with van der Waals surface area (Å²) in [5.41, 5.74) is 5.67. The number of nitrogens with one attached hydrogen (secondary N) is 4. The summed E-state index contributed by atoms with van der Waals surface area (Å²) in [6.07, 6.45) is 1.55. The van der Waals surface area contributed by atoms with Crippen molar-refractivity contribution in [3.63, 3.8) is 0 Å². The first-order valence-corrected chi connectivity index (χ1v) is 38.5. The average Bonchev–Trinajstić information content (AvgIpc) is 1.69. The second kappa shape index (κ2) is 42.8. The molecule has 2 aromatic carbocycles. The minimum atomic E-state index is -1.01. The third-order valence-electron chi connectivity index (χ3n) is 21.4. The number of ether oxygens (including phenoxy) is 5. The average molecular weight is 1520 g/mol. The molecule has 2 aliphatic carbocycles. The number of primary amides is 1. The molecule has 1 heterocycles. The van der Waals surface area contributed by atoms with Crippen molar-refractivity contribution in [3.05, 3.63) is 59.4 Å². The Morgan fingerprint density at radius 3 is 2.05 bits per heavy atom. The van der Waals surface area contributed by atoms with Crippen LogP contribution in [-0.4, -0.2) is 212 Å². The number of methoxy groups -OCH3 is 4. The van der Waals surface area contributed by atoms with E-state index in [0.717, 1.165) is 18.9 Å². The van der Waals surface area contributed by atoms with Crippen molar-refractivity contribution < 1.29 is 95.5 Å². The number of carbonyl (C=O) groups is 13. The number of rotatable bonds is 47. The fraction of sp³-hybridized carbons (Fsp3) is 0.679. The Morgan fingerprint density at radius 1 is 0.794 bits per heavy atom. The number of likely N-dealkylation sites (tertiary alicyclic amines) is 1. The summed E-state index contributed by atoms with van der Waals surface area (Å²) in [6.45, 7) is 15.9. The Labute approximate surface area is 633 Å². The van der Waals surface area contributed by atoms with E-state index in [9.17, 15) is 71.8 Å². The molecule has 8 amide bonds. The van der Waals surface area contributed by atoms with Gasteiger partial charge in [-0.3, -0.25) is 52.7 Å². The summed E-state index contributed by atoms with van der Waals surface area (Å²) in [5, 5.41) is 19.6. The van der Waals surface area contributed by atoms with E-state index in [1.54, 1.807) is 75.7 Å². The number of carboxylic acid groups (broad SMARTS) is 1. The summed E-state index contributed by atoms with van der Waals surface area (Å²) in [4.78, 5) is 179. The van der Waals surface area contributed by atoms with Gasteiger partial charge in [-0.05, 0) is 104 Å². The molecule has 0 aromatic heterocycles. The van der Waals surface area contributed by atoms with Gasteiger partial charge in [0, 0.05) is 104 Å². The number of hydrogen-bond acceptors (Lipinski definition) is 19. The minimum Gasteiger partial charge on any atom is -0.497 e. The van der Waals surface area contributed by atoms with Gasteiger partial charge < -0.3 is 70.5 Å². The molecule has 1 saturated heterocycles. The number of thioether (sulfide) groups is 1. The SMILES string of the molecule is CC[C@H](C)[C@@H]([C@@H](CC(=O)N1C[C@H](OC)C[C@H]1[C@H](OC)[C@@H](C)C(=O)NCC(=O)c1ccc(OC)cc1F)OC)N(C)C(=O)[C@@H](CC(=O)[C@H](C(C)C)N(C)C(=O)OCc1ccc(NC(=O)[C@H](CCCNC(N)=O)CC(=O)[C@@H](NC(=O)CCCCCC2C(=O)CC(SCC3(CC(=O)O)CC3)C2=O)C(C)C)cc1)C(C)C. The van der Waals surface area contributed by atoms with Crippen LogP contribution < -0.4 is 31.7 Å². The van der Waals surface area contributed by atoms with Gasteiger partial charge in [-0.1, -0.05) is 93.7 Å². The Morgan fingerprint density at radius 2 is 1.48 bits per heavy atom. The quantitative estimate of drug-likeness (QED) is 0.0205. The standard InChI is InChI=1S/C78H117FN8O19S/c1-16-47(8)70(63(104-14)38-66(93)87-41-53(103-13)35-58(87)72(105-15)48(9)73(97)82-40-62(91)54-29-28-52(102-12)34-57(54)79)85(10)75(99)56(44(2)3)36-61(90)69(46(6)7)86(11)77(101)106-42-49-24-26-51(27-25-49)83-74(98)50(21-20-32-81-76(80)100)33-60(89)68(45(4)5)84-65(92)23-19-17-18-22-55-59(88)37-64(71(55)96)107-43-78(30-31-78)39-67(94)95/h24-29,34,44-48,50,53,55-56,58,63-64,68-70,72H,16-23,30-33,35-43H2,1-15H3,(H,82,97)(H,83,98)(H,84,92)(H,94,95)(H3,80,81,100)/t47-,48+,50+,53+,55?,56-,58-,63+,64?,68-,69-,70-,72+/m0/s1. The molecule has 2 unspecified atom stereocenters. The number of nitrogens with zero attached hydrogens (tertiary/aromatic N) is 3. The number of likely N-dealkylation sites (N-methyl/N-ethyl adjacent to an activating group) is 2. The Hall–Kier alpha value is -7.89. The van der Waals surface area contributed by atoms with Gasteiger partial charge in [-0.25, -0.2) is 14.0 Å². The molecule has 27 nitrogen and oxygen atoms in total. The van der Waals surface area contributed by atoms with Crippen LogP contribution in [0.3, 0.4) is 0 Å². The first kappa shape index (κ1) is 89.7. The van der Waals surface area contributed by atoms with Gasteiger partial charge in [0.2, 0.25) is 29.5 Å². The highest BCUT2D eigenvalue weighted by molar-refractivity contribution is 8.00. The number of ketones is 5. The van der Waals surface area contributed by atoms with Crippen LogP contribution >= 0.6 is 11.8 Å².